The molecule has 0 unspecified atom stereocenters. The van der Waals surface area contributed by atoms with Gasteiger partial charge in [-0.05, 0) is 24.6 Å². The number of carboxylic acid groups (broad SMARTS) is 1. The minimum Gasteiger partial charge on any atom is -0.506 e. The second kappa shape index (κ2) is 5.89. The molecule has 0 saturated heterocycles. The van der Waals surface area contributed by atoms with Gasteiger partial charge in [0.15, 0.2) is 0 Å². The number of hydrogen-bond acceptors (Lipinski definition) is 4. The Balaban J connectivity index is 2.84. The molecule has 7 nitrogen and oxygen atoms in total. The van der Waals surface area contributed by atoms with Gasteiger partial charge in [0.25, 0.3) is 0 Å². The van der Waals surface area contributed by atoms with Gasteiger partial charge >= 0.3 is 16.2 Å². The number of carboxylic acids is 1. The van der Waals surface area contributed by atoms with Crippen molar-refractivity contribution >= 4 is 21.9 Å². The fourth-order valence-electron chi connectivity index (χ4n) is 1.32. The summed E-state index contributed by atoms with van der Waals surface area (Å²) in [7, 11) is -2.63. The van der Waals surface area contributed by atoms with Crippen LogP contribution in [0.3, 0.4) is 0 Å². The van der Waals surface area contributed by atoms with Crippen molar-refractivity contribution in [3.63, 3.8) is 0 Å². The third-order valence-corrected chi connectivity index (χ3v) is 3.92. The molecule has 0 spiro atoms. The highest BCUT2D eigenvalue weighted by atomic mass is 32.2. The van der Waals surface area contributed by atoms with Crippen molar-refractivity contribution in [1.29, 1.82) is 0 Å². The van der Waals surface area contributed by atoms with E-state index in [4.69, 9.17) is 5.11 Å². The number of aromatic hydroxyl groups is 1. The number of carbonyl (C=O) groups is 1. The van der Waals surface area contributed by atoms with E-state index < -0.39 is 16.2 Å². The minimum absolute atomic E-state index is 0.0576. The summed E-state index contributed by atoms with van der Waals surface area (Å²) in [5.74, 6) is -1.28. The molecule has 0 bridgehead atoms. The molecule has 1 aromatic carbocycles. The molecule has 0 atom stereocenters. The van der Waals surface area contributed by atoms with Crippen LogP contribution in [0.15, 0.2) is 18.2 Å². The van der Waals surface area contributed by atoms with E-state index in [0.29, 0.717) is 0 Å². The fourth-order valence-corrected chi connectivity index (χ4v) is 2.25. The molecule has 1 rings (SSSR count). The van der Waals surface area contributed by atoms with Gasteiger partial charge in [0.2, 0.25) is 0 Å². The van der Waals surface area contributed by atoms with Crippen LogP contribution in [0.4, 0.5) is 5.69 Å². The van der Waals surface area contributed by atoms with E-state index in [1.807, 2.05) is 0 Å². The lowest BCUT2D eigenvalue weighted by molar-refractivity contribution is -0.137. The maximum Gasteiger partial charge on any atom is 0.304 e. The van der Waals surface area contributed by atoms with E-state index in [2.05, 4.69) is 4.72 Å². The van der Waals surface area contributed by atoms with Crippen molar-refractivity contribution in [3.8, 4) is 5.75 Å². The van der Waals surface area contributed by atoms with E-state index in [0.717, 1.165) is 9.87 Å². The van der Waals surface area contributed by atoms with Crippen molar-refractivity contribution < 1.29 is 23.4 Å². The Labute approximate surface area is 111 Å². The SMILES string of the molecule is Cc1ccc(O)c(NS(=O)(=O)N(C)CCC(=O)O)c1. The van der Waals surface area contributed by atoms with Crippen molar-refractivity contribution in [3.05, 3.63) is 23.8 Å². The Hall–Kier alpha value is -1.80. The van der Waals surface area contributed by atoms with Crippen LogP contribution in [0.1, 0.15) is 12.0 Å². The first-order chi connectivity index (χ1) is 8.72. The normalized spacial score (nSPS) is 11.5. The molecule has 0 aromatic heterocycles. The lowest BCUT2D eigenvalue weighted by Crippen LogP contribution is -2.34. The van der Waals surface area contributed by atoms with Gasteiger partial charge in [-0.15, -0.1) is 0 Å². The minimum atomic E-state index is -3.89. The molecule has 8 heteroatoms. The van der Waals surface area contributed by atoms with Gasteiger partial charge in [-0.3, -0.25) is 9.52 Å². The average molecular weight is 288 g/mol. The summed E-state index contributed by atoms with van der Waals surface area (Å²) < 4.78 is 26.9. The number of aryl methyl sites for hydroxylation is 1. The Morgan fingerprint density at radius 1 is 1.42 bits per heavy atom. The van der Waals surface area contributed by atoms with Crippen molar-refractivity contribution in [2.45, 2.75) is 13.3 Å². The van der Waals surface area contributed by atoms with E-state index in [-0.39, 0.29) is 24.4 Å². The number of hydrogen-bond donors (Lipinski definition) is 3. The third-order valence-electron chi connectivity index (χ3n) is 2.44. The van der Waals surface area contributed by atoms with E-state index in [1.54, 1.807) is 13.0 Å². The summed E-state index contributed by atoms with van der Waals surface area (Å²) >= 11 is 0. The highest BCUT2D eigenvalue weighted by molar-refractivity contribution is 7.90. The van der Waals surface area contributed by atoms with E-state index in [1.165, 1.54) is 19.2 Å². The quantitative estimate of drug-likeness (QED) is 0.670. The molecular formula is C11H16N2O5S. The van der Waals surface area contributed by atoms with Gasteiger partial charge in [-0.2, -0.15) is 12.7 Å². The average Bonchev–Trinajstić information content (AvgIpc) is 2.30. The summed E-state index contributed by atoms with van der Waals surface area (Å²) in [6, 6.07) is 4.50. The monoisotopic (exact) mass is 288 g/mol. The number of anilines is 1. The smallest absolute Gasteiger partial charge is 0.304 e. The van der Waals surface area contributed by atoms with Crippen LogP contribution < -0.4 is 4.72 Å². The number of nitrogens with one attached hydrogen (secondary N) is 1. The third kappa shape index (κ3) is 4.42. The Morgan fingerprint density at radius 2 is 2.05 bits per heavy atom. The fraction of sp³-hybridized carbons (Fsp3) is 0.364. The summed E-state index contributed by atoms with van der Waals surface area (Å²) in [4.78, 5) is 10.4. The van der Waals surface area contributed by atoms with E-state index in [9.17, 15) is 18.3 Å². The number of phenolic OH excluding ortho intramolecular Hbond substituents is 1. The topological polar surface area (TPSA) is 107 Å². The molecule has 0 aliphatic carbocycles. The maximum atomic E-state index is 11.9. The van der Waals surface area contributed by atoms with Crippen LogP contribution in [-0.2, 0) is 15.0 Å². The number of benzene rings is 1. The van der Waals surface area contributed by atoms with Gasteiger partial charge in [0.1, 0.15) is 5.75 Å². The van der Waals surface area contributed by atoms with Gasteiger partial charge in [-0.1, -0.05) is 6.07 Å². The lowest BCUT2D eigenvalue weighted by atomic mass is 10.2. The molecule has 0 aliphatic rings. The van der Waals surface area contributed by atoms with Crippen molar-refractivity contribution in [1.82, 2.24) is 4.31 Å². The van der Waals surface area contributed by atoms with Crippen LogP contribution in [0, 0.1) is 6.92 Å². The van der Waals surface area contributed by atoms with E-state index >= 15 is 0 Å². The largest absolute Gasteiger partial charge is 0.506 e. The second-order valence-corrected chi connectivity index (χ2v) is 5.87. The number of phenols is 1. The standard InChI is InChI=1S/C11H16N2O5S/c1-8-3-4-10(14)9(7-8)12-19(17,18)13(2)6-5-11(15)16/h3-4,7,12,14H,5-6H2,1-2H3,(H,15,16). The van der Waals surface area contributed by atoms with Crippen LogP contribution in [0.5, 0.6) is 5.75 Å². The molecule has 0 saturated carbocycles. The Morgan fingerprint density at radius 3 is 2.63 bits per heavy atom. The first-order valence-corrected chi connectivity index (χ1v) is 6.92. The molecule has 0 radical (unpaired) electrons. The predicted molar refractivity (Wildman–Crippen MR) is 70.3 cm³/mol. The molecule has 19 heavy (non-hydrogen) atoms. The molecule has 1 aromatic rings. The second-order valence-electron chi connectivity index (χ2n) is 4.09. The zero-order valence-electron chi connectivity index (χ0n) is 10.6. The summed E-state index contributed by atoms with van der Waals surface area (Å²) in [5, 5.41) is 18.1. The molecule has 0 amide bonds. The first-order valence-electron chi connectivity index (χ1n) is 5.48. The zero-order chi connectivity index (χ0) is 14.6. The maximum absolute atomic E-state index is 11.9. The number of aliphatic carboxylic acids is 1. The van der Waals surface area contributed by atoms with Crippen LogP contribution in [0.2, 0.25) is 0 Å². The van der Waals surface area contributed by atoms with Crippen molar-refractivity contribution in [2.24, 2.45) is 0 Å². The molecule has 0 fully saturated rings. The molecule has 3 N–H and O–H groups in total. The van der Waals surface area contributed by atoms with Gasteiger partial charge < -0.3 is 10.2 Å². The summed E-state index contributed by atoms with van der Waals surface area (Å²) in [6.07, 6.45) is -0.294. The highest BCUT2D eigenvalue weighted by Gasteiger charge is 2.19. The summed E-state index contributed by atoms with van der Waals surface area (Å²) in [6.45, 7) is 1.60. The number of nitrogens with zero attached hydrogens (tertiary/aromatic N) is 1. The zero-order valence-corrected chi connectivity index (χ0v) is 11.4. The van der Waals surface area contributed by atoms with Crippen LogP contribution in [0.25, 0.3) is 0 Å². The van der Waals surface area contributed by atoms with Crippen LogP contribution in [-0.4, -0.2) is 42.5 Å². The lowest BCUT2D eigenvalue weighted by Gasteiger charge is -2.18. The Bertz CT molecular complexity index is 570. The Kier molecular flexibility index (Phi) is 4.73. The molecule has 0 aliphatic heterocycles. The van der Waals surface area contributed by atoms with Crippen molar-refractivity contribution in [2.75, 3.05) is 18.3 Å². The predicted octanol–water partition coefficient (Wildman–Crippen LogP) is 0.764. The highest BCUT2D eigenvalue weighted by Crippen LogP contribution is 2.25. The number of rotatable bonds is 6. The summed E-state index contributed by atoms with van der Waals surface area (Å²) in [5.41, 5.74) is 0.839. The molecule has 0 heterocycles. The van der Waals surface area contributed by atoms with Gasteiger partial charge in [0.05, 0.1) is 12.1 Å². The first kappa shape index (κ1) is 15.3. The molecule has 106 valence electrons. The molecular weight excluding hydrogens is 272 g/mol. The van der Waals surface area contributed by atoms with Crippen LogP contribution >= 0.6 is 0 Å². The van der Waals surface area contributed by atoms with Gasteiger partial charge in [-0.25, -0.2) is 0 Å². The van der Waals surface area contributed by atoms with Gasteiger partial charge in [0, 0.05) is 13.6 Å².